The summed E-state index contributed by atoms with van der Waals surface area (Å²) in [4.78, 5) is 23.4. The van der Waals surface area contributed by atoms with Crippen LogP contribution in [0.1, 0.15) is 52.2 Å². The summed E-state index contributed by atoms with van der Waals surface area (Å²) in [6, 6.07) is 4.24. The summed E-state index contributed by atoms with van der Waals surface area (Å²) in [6.07, 6.45) is -1.71. The van der Waals surface area contributed by atoms with Crippen LogP contribution in [0.4, 0.5) is 14.5 Å². The molecule has 0 aliphatic rings. The average molecular weight is 351 g/mol. The highest BCUT2D eigenvalue weighted by atomic mass is 19.3. The first kappa shape index (κ1) is 18.6. The standard InChI is InChI=1S/C17H19F2N3O3/c1-9(2)8-22-14(15(18)19)13(7-20-22)16(23)21-11-4-5-12(17(24)25)10(3)6-11/h4-7,9,15H,8H2,1-3H3,(H,21,23)(H,24,25). The van der Waals surface area contributed by atoms with Crippen molar-refractivity contribution in [2.75, 3.05) is 5.32 Å². The second-order valence-electron chi connectivity index (χ2n) is 6.11. The van der Waals surface area contributed by atoms with Gasteiger partial charge in [-0.2, -0.15) is 5.10 Å². The van der Waals surface area contributed by atoms with Gasteiger partial charge in [-0.05, 0) is 36.6 Å². The molecule has 0 unspecified atom stereocenters. The second-order valence-corrected chi connectivity index (χ2v) is 6.11. The zero-order chi connectivity index (χ0) is 18.7. The van der Waals surface area contributed by atoms with Gasteiger partial charge < -0.3 is 10.4 Å². The Labute approximate surface area is 143 Å². The number of carbonyl (C=O) groups excluding carboxylic acids is 1. The molecule has 2 aromatic rings. The Bertz CT molecular complexity index is 800. The number of hydrogen-bond acceptors (Lipinski definition) is 3. The number of hydrogen-bond donors (Lipinski definition) is 2. The van der Waals surface area contributed by atoms with E-state index in [1.165, 1.54) is 18.2 Å². The molecule has 0 fully saturated rings. The van der Waals surface area contributed by atoms with Gasteiger partial charge in [-0.15, -0.1) is 0 Å². The zero-order valence-electron chi connectivity index (χ0n) is 14.1. The molecule has 0 bridgehead atoms. The molecule has 0 radical (unpaired) electrons. The molecule has 134 valence electrons. The average Bonchev–Trinajstić information content (AvgIpc) is 2.89. The molecule has 2 rings (SSSR count). The van der Waals surface area contributed by atoms with Gasteiger partial charge >= 0.3 is 5.97 Å². The predicted octanol–water partition coefficient (Wildman–Crippen LogP) is 3.74. The number of carboxylic acids is 1. The molecule has 1 aromatic heterocycles. The van der Waals surface area contributed by atoms with Gasteiger partial charge in [0.25, 0.3) is 12.3 Å². The number of alkyl halides is 2. The van der Waals surface area contributed by atoms with E-state index in [-0.39, 0.29) is 23.6 Å². The Balaban J connectivity index is 2.28. The van der Waals surface area contributed by atoms with E-state index in [0.29, 0.717) is 11.3 Å². The van der Waals surface area contributed by atoms with E-state index in [4.69, 9.17) is 5.11 Å². The van der Waals surface area contributed by atoms with Crippen molar-refractivity contribution >= 4 is 17.6 Å². The predicted molar refractivity (Wildman–Crippen MR) is 88.1 cm³/mol. The summed E-state index contributed by atoms with van der Waals surface area (Å²) < 4.78 is 27.9. The molecule has 0 saturated carbocycles. The molecule has 8 heteroatoms. The van der Waals surface area contributed by atoms with Gasteiger partial charge in [0.05, 0.1) is 17.3 Å². The van der Waals surface area contributed by atoms with E-state index in [1.54, 1.807) is 6.92 Å². The molecule has 0 aliphatic heterocycles. The van der Waals surface area contributed by atoms with Crippen LogP contribution in [0.5, 0.6) is 0 Å². The van der Waals surface area contributed by atoms with Crippen molar-refractivity contribution < 1.29 is 23.5 Å². The number of carboxylic acid groups (broad SMARTS) is 1. The monoisotopic (exact) mass is 351 g/mol. The summed E-state index contributed by atoms with van der Waals surface area (Å²) in [7, 11) is 0. The van der Waals surface area contributed by atoms with Crippen molar-refractivity contribution in [1.29, 1.82) is 0 Å². The number of aromatic nitrogens is 2. The van der Waals surface area contributed by atoms with Crippen molar-refractivity contribution in [2.24, 2.45) is 5.92 Å². The Kier molecular flexibility index (Phi) is 5.51. The number of rotatable bonds is 6. The van der Waals surface area contributed by atoms with Crippen molar-refractivity contribution in [3.05, 3.63) is 46.8 Å². The lowest BCUT2D eigenvalue weighted by Crippen LogP contribution is -2.16. The number of halogens is 2. The first-order valence-electron chi connectivity index (χ1n) is 7.69. The topological polar surface area (TPSA) is 84.2 Å². The fraction of sp³-hybridized carbons (Fsp3) is 0.353. The zero-order valence-corrected chi connectivity index (χ0v) is 14.1. The van der Waals surface area contributed by atoms with Crippen LogP contribution in [-0.4, -0.2) is 26.8 Å². The van der Waals surface area contributed by atoms with Gasteiger partial charge in [0.2, 0.25) is 0 Å². The Hall–Kier alpha value is -2.77. The van der Waals surface area contributed by atoms with Crippen molar-refractivity contribution in [3.8, 4) is 0 Å². The molecule has 0 spiro atoms. The molecule has 6 nitrogen and oxygen atoms in total. The minimum Gasteiger partial charge on any atom is -0.478 e. The fourth-order valence-electron chi connectivity index (χ4n) is 2.47. The molecular formula is C17H19F2N3O3. The van der Waals surface area contributed by atoms with E-state index in [1.807, 2.05) is 13.8 Å². The summed E-state index contributed by atoms with van der Waals surface area (Å²) in [5.41, 5.74) is 0.260. The third-order valence-corrected chi connectivity index (χ3v) is 3.58. The highest BCUT2D eigenvalue weighted by Gasteiger charge is 2.25. The maximum atomic E-state index is 13.4. The van der Waals surface area contributed by atoms with E-state index in [9.17, 15) is 18.4 Å². The van der Waals surface area contributed by atoms with Crippen LogP contribution < -0.4 is 5.32 Å². The third kappa shape index (κ3) is 4.20. The molecule has 0 saturated heterocycles. The number of aromatic carboxylic acids is 1. The maximum Gasteiger partial charge on any atom is 0.335 e. The summed E-state index contributed by atoms with van der Waals surface area (Å²) in [5, 5.41) is 15.4. The Morgan fingerprint density at radius 2 is 1.96 bits per heavy atom. The molecular weight excluding hydrogens is 332 g/mol. The van der Waals surface area contributed by atoms with Gasteiger partial charge in [0, 0.05) is 12.2 Å². The SMILES string of the molecule is Cc1cc(NC(=O)c2cnn(CC(C)C)c2C(F)F)ccc1C(=O)O. The van der Waals surface area contributed by atoms with E-state index >= 15 is 0 Å². The highest BCUT2D eigenvalue weighted by Crippen LogP contribution is 2.25. The number of nitrogens with zero attached hydrogens (tertiary/aromatic N) is 2. The minimum atomic E-state index is -2.84. The molecule has 1 amide bonds. The lowest BCUT2D eigenvalue weighted by atomic mass is 10.1. The van der Waals surface area contributed by atoms with Gasteiger partial charge in [-0.25, -0.2) is 13.6 Å². The molecule has 0 aliphatic carbocycles. The van der Waals surface area contributed by atoms with Crippen LogP contribution >= 0.6 is 0 Å². The molecule has 25 heavy (non-hydrogen) atoms. The number of benzene rings is 1. The summed E-state index contributed by atoms with van der Waals surface area (Å²) in [5.74, 6) is -1.70. The highest BCUT2D eigenvalue weighted by molar-refractivity contribution is 6.05. The van der Waals surface area contributed by atoms with Crippen molar-refractivity contribution in [1.82, 2.24) is 9.78 Å². The quantitative estimate of drug-likeness (QED) is 0.830. The van der Waals surface area contributed by atoms with Crippen molar-refractivity contribution in [3.63, 3.8) is 0 Å². The molecule has 0 atom stereocenters. The largest absolute Gasteiger partial charge is 0.478 e. The summed E-state index contributed by atoms with van der Waals surface area (Å²) >= 11 is 0. The number of aryl methyl sites for hydroxylation is 1. The van der Waals surface area contributed by atoms with Crippen molar-refractivity contribution in [2.45, 2.75) is 33.7 Å². The third-order valence-electron chi connectivity index (χ3n) is 3.58. The molecule has 1 aromatic carbocycles. The van der Waals surface area contributed by atoms with Crippen LogP contribution in [0.2, 0.25) is 0 Å². The fourth-order valence-corrected chi connectivity index (χ4v) is 2.47. The van der Waals surface area contributed by atoms with Gasteiger partial charge in [-0.3, -0.25) is 9.48 Å². The lowest BCUT2D eigenvalue weighted by Gasteiger charge is -2.11. The normalized spacial score (nSPS) is 11.2. The summed E-state index contributed by atoms with van der Waals surface area (Å²) in [6.45, 7) is 5.59. The second kappa shape index (κ2) is 7.42. The minimum absolute atomic E-state index is 0.0968. The van der Waals surface area contributed by atoms with E-state index in [0.717, 1.165) is 10.9 Å². The van der Waals surface area contributed by atoms with Crippen LogP contribution in [-0.2, 0) is 6.54 Å². The number of amides is 1. The number of carbonyl (C=O) groups is 2. The smallest absolute Gasteiger partial charge is 0.335 e. The van der Waals surface area contributed by atoms with E-state index in [2.05, 4.69) is 10.4 Å². The van der Waals surface area contributed by atoms with Gasteiger partial charge in [-0.1, -0.05) is 13.8 Å². The Morgan fingerprint density at radius 1 is 1.28 bits per heavy atom. The van der Waals surface area contributed by atoms with Crippen LogP contribution in [0.25, 0.3) is 0 Å². The van der Waals surface area contributed by atoms with Crippen LogP contribution in [0.15, 0.2) is 24.4 Å². The van der Waals surface area contributed by atoms with Gasteiger partial charge in [0.1, 0.15) is 5.69 Å². The Morgan fingerprint density at radius 3 is 2.48 bits per heavy atom. The number of anilines is 1. The van der Waals surface area contributed by atoms with E-state index < -0.39 is 24.0 Å². The first-order valence-corrected chi connectivity index (χ1v) is 7.69. The maximum absolute atomic E-state index is 13.4. The van der Waals surface area contributed by atoms with Gasteiger partial charge in [0.15, 0.2) is 0 Å². The first-order chi connectivity index (χ1) is 11.7. The van der Waals surface area contributed by atoms with Crippen LogP contribution in [0.3, 0.4) is 0 Å². The van der Waals surface area contributed by atoms with Crippen LogP contribution in [0, 0.1) is 12.8 Å². The lowest BCUT2D eigenvalue weighted by molar-refractivity contribution is 0.0696. The molecule has 2 N–H and O–H groups in total. The molecule has 1 heterocycles. The number of nitrogens with one attached hydrogen (secondary N) is 1.